The van der Waals surface area contributed by atoms with Crippen molar-refractivity contribution >= 4 is 0 Å². The molecule has 0 amide bonds. The predicted molar refractivity (Wildman–Crippen MR) is 28.9 cm³/mol. The van der Waals surface area contributed by atoms with Crippen molar-refractivity contribution in [3.05, 3.63) is 0 Å². The minimum absolute atomic E-state index is 0. The van der Waals surface area contributed by atoms with E-state index in [1.807, 2.05) is 0 Å². The summed E-state index contributed by atoms with van der Waals surface area (Å²) in [6, 6.07) is 0. The van der Waals surface area contributed by atoms with Crippen molar-refractivity contribution in [3.8, 4) is 0 Å². The summed E-state index contributed by atoms with van der Waals surface area (Å²) in [5.41, 5.74) is 0. The summed E-state index contributed by atoms with van der Waals surface area (Å²) in [5, 5.41) is 9.83. The molecule has 0 rings (SSSR count). The van der Waals surface area contributed by atoms with Gasteiger partial charge >= 0.3 is 29.6 Å². The second-order valence-electron chi connectivity index (χ2n) is 2.24. The van der Waals surface area contributed by atoms with Gasteiger partial charge in [-0.2, -0.15) is 0 Å². The molecule has 0 heterocycles. The van der Waals surface area contributed by atoms with Crippen LogP contribution in [-0.2, 0) is 0 Å². The molecule has 0 aromatic carbocycles. The Hall–Kier alpha value is 0.960. The molecule has 2 heteroatoms. The molecule has 0 aliphatic carbocycles. The van der Waals surface area contributed by atoms with Crippen molar-refractivity contribution in [2.24, 2.45) is 5.92 Å². The van der Waals surface area contributed by atoms with Crippen molar-refractivity contribution in [1.29, 1.82) is 0 Å². The van der Waals surface area contributed by atoms with Crippen LogP contribution in [0.2, 0.25) is 0 Å². The van der Waals surface area contributed by atoms with Gasteiger partial charge in [-0.3, -0.25) is 0 Å². The fourth-order valence-corrected chi connectivity index (χ4v) is 0.492. The van der Waals surface area contributed by atoms with Gasteiger partial charge in [-0.05, 0) is 5.92 Å². The maximum Gasteiger partial charge on any atom is 1.00 e. The number of hydrogen-bond acceptors (Lipinski definition) is 1. The molecule has 0 aliphatic heterocycles. The van der Waals surface area contributed by atoms with E-state index >= 15 is 0 Å². The van der Waals surface area contributed by atoms with Crippen molar-refractivity contribution in [2.75, 3.05) is 6.61 Å². The first-order valence-corrected chi connectivity index (χ1v) is 2.85. The summed E-state index contributed by atoms with van der Waals surface area (Å²) in [7, 11) is 0. The molecule has 1 nitrogen and oxygen atoms in total. The van der Waals surface area contributed by atoms with Gasteiger partial charge < -0.3 is 5.11 Å². The molecule has 0 unspecified atom stereocenters. The van der Waals surface area contributed by atoms with Crippen molar-refractivity contribution < 1.29 is 34.7 Å². The Kier molecular flexibility index (Phi) is 11.7. The van der Waals surface area contributed by atoms with E-state index in [0.717, 1.165) is 12.8 Å². The second-order valence-corrected chi connectivity index (χ2v) is 2.24. The molecule has 0 radical (unpaired) electrons. The van der Waals surface area contributed by atoms with Crippen LogP contribution in [0.3, 0.4) is 0 Å². The van der Waals surface area contributed by atoms with Crippen LogP contribution in [0.5, 0.6) is 0 Å². The van der Waals surface area contributed by atoms with E-state index in [0.29, 0.717) is 5.92 Å². The van der Waals surface area contributed by atoms with Gasteiger partial charge in [0.1, 0.15) is 0 Å². The standard InChI is InChI=1S/C6H13O.Na/c1-6(2)4-3-5-7;/h6H,3-5H2,1-2H3;/q-1;+1. The van der Waals surface area contributed by atoms with Crippen LogP contribution in [0.4, 0.5) is 0 Å². The first-order valence-electron chi connectivity index (χ1n) is 2.85. The van der Waals surface area contributed by atoms with E-state index in [-0.39, 0.29) is 36.2 Å². The Morgan fingerprint density at radius 3 is 2.00 bits per heavy atom. The van der Waals surface area contributed by atoms with Crippen LogP contribution in [-0.4, -0.2) is 6.61 Å². The Morgan fingerprint density at radius 1 is 1.38 bits per heavy atom. The van der Waals surface area contributed by atoms with E-state index in [1.165, 1.54) is 0 Å². The molecule has 8 heavy (non-hydrogen) atoms. The smallest absolute Gasteiger partial charge is 0.854 e. The van der Waals surface area contributed by atoms with Gasteiger partial charge in [0.2, 0.25) is 0 Å². The van der Waals surface area contributed by atoms with Crippen LogP contribution in [0.25, 0.3) is 0 Å². The van der Waals surface area contributed by atoms with Gasteiger partial charge in [-0.1, -0.05) is 26.7 Å². The van der Waals surface area contributed by atoms with E-state index in [1.54, 1.807) is 0 Å². The molecular formula is C6H13NaO. The zero-order valence-electron chi connectivity index (χ0n) is 6.11. The molecule has 0 aliphatic rings. The molecule has 0 spiro atoms. The maximum atomic E-state index is 9.83. The summed E-state index contributed by atoms with van der Waals surface area (Å²) in [6.45, 7) is 4.36. The average molecular weight is 124 g/mol. The zero-order valence-corrected chi connectivity index (χ0v) is 8.11. The fraction of sp³-hybridized carbons (Fsp3) is 1.00. The first-order chi connectivity index (χ1) is 3.27. The average Bonchev–Trinajstić information content (AvgIpc) is 1.61. The molecule has 0 atom stereocenters. The number of rotatable bonds is 3. The summed E-state index contributed by atoms with van der Waals surface area (Å²) in [5.74, 6) is 0.703. The Balaban J connectivity index is 0. The van der Waals surface area contributed by atoms with Crippen LogP contribution < -0.4 is 34.7 Å². The largest absolute Gasteiger partial charge is 1.00 e. The van der Waals surface area contributed by atoms with Gasteiger partial charge in [0.05, 0.1) is 0 Å². The molecule has 0 aromatic heterocycles. The quantitative estimate of drug-likeness (QED) is 0.391. The SMILES string of the molecule is CC(C)CCC[O-].[Na+]. The van der Waals surface area contributed by atoms with Gasteiger partial charge in [0, 0.05) is 0 Å². The van der Waals surface area contributed by atoms with Crippen LogP contribution >= 0.6 is 0 Å². The van der Waals surface area contributed by atoms with Crippen LogP contribution in [0.15, 0.2) is 0 Å². The fourth-order valence-electron chi connectivity index (χ4n) is 0.492. The van der Waals surface area contributed by atoms with Crippen molar-refractivity contribution in [2.45, 2.75) is 26.7 Å². The summed E-state index contributed by atoms with van der Waals surface area (Å²) in [4.78, 5) is 0. The minimum atomic E-state index is 0. The summed E-state index contributed by atoms with van der Waals surface area (Å²) >= 11 is 0. The van der Waals surface area contributed by atoms with E-state index in [2.05, 4.69) is 13.8 Å². The van der Waals surface area contributed by atoms with E-state index in [9.17, 15) is 5.11 Å². The van der Waals surface area contributed by atoms with Crippen molar-refractivity contribution in [3.63, 3.8) is 0 Å². The first kappa shape index (κ1) is 11.7. The molecular weight excluding hydrogens is 111 g/mol. The van der Waals surface area contributed by atoms with Crippen LogP contribution in [0.1, 0.15) is 26.7 Å². The predicted octanol–water partition coefficient (Wildman–Crippen LogP) is -2.21. The molecule has 0 aromatic rings. The molecule has 0 saturated heterocycles. The normalized spacial score (nSPS) is 9.00. The molecule has 44 valence electrons. The Morgan fingerprint density at radius 2 is 1.88 bits per heavy atom. The van der Waals surface area contributed by atoms with Gasteiger partial charge in [0.15, 0.2) is 0 Å². The van der Waals surface area contributed by atoms with Crippen molar-refractivity contribution in [1.82, 2.24) is 0 Å². The van der Waals surface area contributed by atoms with Crippen LogP contribution in [0, 0.1) is 5.92 Å². The maximum absolute atomic E-state index is 9.83. The third-order valence-corrected chi connectivity index (χ3v) is 0.926. The monoisotopic (exact) mass is 124 g/mol. The third-order valence-electron chi connectivity index (χ3n) is 0.926. The zero-order chi connectivity index (χ0) is 5.70. The molecule has 0 N–H and O–H groups in total. The van der Waals surface area contributed by atoms with Gasteiger partial charge in [-0.15, -0.1) is 6.61 Å². The summed E-state index contributed by atoms with van der Waals surface area (Å²) in [6.07, 6.45) is 1.93. The van der Waals surface area contributed by atoms with E-state index < -0.39 is 0 Å². The Labute approximate surface area is 73.8 Å². The topological polar surface area (TPSA) is 23.1 Å². The molecule has 0 bridgehead atoms. The second kappa shape index (κ2) is 7.96. The third kappa shape index (κ3) is 10.0. The molecule has 0 saturated carbocycles. The van der Waals surface area contributed by atoms with Gasteiger partial charge in [-0.25, -0.2) is 0 Å². The molecule has 0 fully saturated rings. The number of hydrogen-bond donors (Lipinski definition) is 0. The minimum Gasteiger partial charge on any atom is -0.854 e. The van der Waals surface area contributed by atoms with E-state index in [4.69, 9.17) is 0 Å². The van der Waals surface area contributed by atoms with Gasteiger partial charge in [0.25, 0.3) is 0 Å². The Bertz CT molecular complexity index is 37.5. The summed E-state index contributed by atoms with van der Waals surface area (Å²) < 4.78 is 0.